The number of pyridine rings is 1. The number of carboxylic acids is 1. The highest BCUT2D eigenvalue weighted by molar-refractivity contribution is 7.98. The molecule has 0 unspecified atom stereocenters. The standard InChI is InChI=1S/C11H10N4O4S/c1-15-11(13-8(16)9(17)14-15)20-5-7-3-2-6(4-12-7)10(18)19/h2-4H,5H2,1H3,(H,14,17)(H,18,19). The Kier molecular flexibility index (Phi) is 3.99. The average Bonchev–Trinajstić information content (AvgIpc) is 2.42. The zero-order chi connectivity index (χ0) is 14.7. The van der Waals surface area contributed by atoms with Gasteiger partial charge in [0.1, 0.15) is 0 Å². The van der Waals surface area contributed by atoms with Crippen LogP contribution in [0.4, 0.5) is 0 Å². The van der Waals surface area contributed by atoms with Gasteiger partial charge in [-0.05, 0) is 12.1 Å². The highest BCUT2D eigenvalue weighted by Crippen LogP contribution is 2.17. The molecule has 0 atom stereocenters. The van der Waals surface area contributed by atoms with Gasteiger partial charge in [-0.1, -0.05) is 11.8 Å². The third-order valence-electron chi connectivity index (χ3n) is 2.37. The topological polar surface area (TPSA) is 118 Å². The van der Waals surface area contributed by atoms with Crippen molar-refractivity contribution in [1.29, 1.82) is 0 Å². The number of hydrogen-bond acceptors (Lipinski definition) is 6. The van der Waals surface area contributed by atoms with Crippen molar-refractivity contribution in [3.63, 3.8) is 0 Å². The van der Waals surface area contributed by atoms with Crippen LogP contribution in [0.15, 0.2) is 33.1 Å². The Morgan fingerprint density at radius 1 is 1.45 bits per heavy atom. The predicted molar refractivity (Wildman–Crippen MR) is 70.9 cm³/mol. The van der Waals surface area contributed by atoms with Gasteiger partial charge in [-0.2, -0.15) is 4.98 Å². The summed E-state index contributed by atoms with van der Waals surface area (Å²) < 4.78 is 1.35. The molecule has 0 bridgehead atoms. The molecular formula is C11H10N4O4S. The van der Waals surface area contributed by atoms with Crippen LogP contribution >= 0.6 is 11.8 Å². The minimum absolute atomic E-state index is 0.105. The van der Waals surface area contributed by atoms with E-state index in [-0.39, 0.29) is 5.56 Å². The van der Waals surface area contributed by atoms with E-state index in [4.69, 9.17) is 5.11 Å². The Balaban J connectivity index is 2.13. The molecule has 104 valence electrons. The number of carboxylic acid groups (broad SMARTS) is 1. The lowest BCUT2D eigenvalue weighted by Crippen LogP contribution is -2.33. The van der Waals surface area contributed by atoms with Crippen LogP contribution in [0.2, 0.25) is 0 Å². The fraction of sp³-hybridized carbons (Fsp3) is 0.182. The number of hydrogen-bond donors (Lipinski definition) is 2. The van der Waals surface area contributed by atoms with E-state index in [1.807, 2.05) is 0 Å². The third kappa shape index (κ3) is 3.12. The second kappa shape index (κ2) is 5.70. The number of aromatic carboxylic acids is 1. The molecule has 0 radical (unpaired) electrons. The zero-order valence-corrected chi connectivity index (χ0v) is 11.2. The number of nitrogens with zero attached hydrogens (tertiary/aromatic N) is 3. The number of aryl methyl sites for hydroxylation is 1. The lowest BCUT2D eigenvalue weighted by Gasteiger charge is -2.05. The van der Waals surface area contributed by atoms with Gasteiger partial charge in [0.15, 0.2) is 5.16 Å². The van der Waals surface area contributed by atoms with E-state index in [9.17, 15) is 14.4 Å². The summed E-state index contributed by atoms with van der Waals surface area (Å²) in [4.78, 5) is 40.5. The fourth-order valence-electron chi connectivity index (χ4n) is 1.36. The first-order chi connectivity index (χ1) is 9.47. The van der Waals surface area contributed by atoms with Gasteiger partial charge in [0.05, 0.1) is 11.3 Å². The number of aromatic amines is 1. The minimum Gasteiger partial charge on any atom is -0.478 e. The highest BCUT2D eigenvalue weighted by Gasteiger charge is 2.07. The number of rotatable bonds is 4. The van der Waals surface area contributed by atoms with E-state index in [1.54, 1.807) is 13.1 Å². The number of H-pyrrole nitrogens is 1. The lowest BCUT2D eigenvalue weighted by molar-refractivity contribution is 0.0696. The average molecular weight is 294 g/mol. The largest absolute Gasteiger partial charge is 0.478 e. The molecule has 9 heteroatoms. The number of aromatic nitrogens is 4. The van der Waals surface area contributed by atoms with Gasteiger partial charge in [-0.15, -0.1) is 0 Å². The second-order valence-electron chi connectivity index (χ2n) is 3.83. The molecule has 2 aromatic rings. The molecule has 0 saturated carbocycles. The Hall–Kier alpha value is -2.42. The van der Waals surface area contributed by atoms with E-state index < -0.39 is 17.1 Å². The smallest absolute Gasteiger partial charge is 0.339 e. The van der Waals surface area contributed by atoms with Crippen molar-refractivity contribution in [1.82, 2.24) is 19.7 Å². The molecule has 0 amide bonds. The van der Waals surface area contributed by atoms with E-state index in [1.165, 1.54) is 28.7 Å². The predicted octanol–water partition coefficient (Wildman–Crippen LogP) is -0.146. The Labute approximate surface area is 116 Å². The van der Waals surface area contributed by atoms with E-state index in [0.717, 1.165) is 0 Å². The van der Waals surface area contributed by atoms with Gasteiger partial charge in [0.2, 0.25) is 0 Å². The molecule has 2 aromatic heterocycles. The van der Waals surface area contributed by atoms with Gasteiger partial charge >= 0.3 is 17.1 Å². The van der Waals surface area contributed by atoms with Crippen LogP contribution in [0.5, 0.6) is 0 Å². The van der Waals surface area contributed by atoms with E-state index >= 15 is 0 Å². The summed E-state index contributed by atoms with van der Waals surface area (Å²) in [5.41, 5.74) is -0.880. The molecule has 0 spiro atoms. The summed E-state index contributed by atoms with van der Waals surface area (Å²) in [5, 5.41) is 11.4. The third-order valence-corrected chi connectivity index (χ3v) is 3.43. The first kappa shape index (κ1) is 14.0. The van der Waals surface area contributed by atoms with Crippen molar-refractivity contribution >= 4 is 17.7 Å². The van der Waals surface area contributed by atoms with Crippen LogP contribution < -0.4 is 11.1 Å². The van der Waals surface area contributed by atoms with Crippen LogP contribution in [0.3, 0.4) is 0 Å². The molecule has 2 rings (SSSR count). The fourth-order valence-corrected chi connectivity index (χ4v) is 2.20. The Morgan fingerprint density at radius 2 is 2.20 bits per heavy atom. The second-order valence-corrected chi connectivity index (χ2v) is 4.77. The van der Waals surface area contributed by atoms with Crippen LogP contribution in [0, 0.1) is 0 Å². The monoisotopic (exact) mass is 294 g/mol. The van der Waals surface area contributed by atoms with Crippen molar-refractivity contribution in [2.24, 2.45) is 7.05 Å². The van der Waals surface area contributed by atoms with Gasteiger partial charge in [0, 0.05) is 19.0 Å². The summed E-state index contributed by atoms with van der Waals surface area (Å²) in [7, 11) is 1.57. The van der Waals surface area contributed by atoms with Crippen LogP contribution in [-0.4, -0.2) is 30.8 Å². The lowest BCUT2D eigenvalue weighted by atomic mass is 10.2. The van der Waals surface area contributed by atoms with Crippen molar-refractivity contribution < 1.29 is 9.90 Å². The Morgan fingerprint density at radius 3 is 2.80 bits per heavy atom. The molecule has 2 N–H and O–H groups in total. The molecule has 0 aliphatic rings. The van der Waals surface area contributed by atoms with Crippen LogP contribution in [0.25, 0.3) is 0 Å². The van der Waals surface area contributed by atoms with Crippen LogP contribution in [-0.2, 0) is 12.8 Å². The summed E-state index contributed by atoms with van der Waals surface area (Å²) >= 11 is 1.21. The summed E-state index contributed by atoms with van der Waals surface area (Å²) in [6.07, 6.45) is 1.26. The maximum absolute atomic E-state index is 11.2. The maximum atomic E-state index is 11.2. The highest BCUT2D eigenvalue weighted by atomic mass is 32.2. The molecule has 0 saturated heterocycles. The van der Waals surface area contributed by atoms with Gasteiger partial charge < -0.3 is 5.11 Å². The van der Waals surface area contributed by atoms with Gasteiger partial charge in [0.25, 0.3) is 0 Å². The number of carbonyl (C=O) groups is 1. The van der Waals surface area contributed by atoms with Gasteiger partial charge in [-0.25, -0.2) is 4.79 Å². The molecular weight excluding hydrogens is 284 g/mol. The van der Waals surface area contributed by atoms with Crippen molar-refractivity contribution in [2.45, 2.75) is 10.9 Å². The number of thioether (sulfide) groups is 1. The SMILES string of the molecule is Cn1[nH]c(=O)c(=O)nc1SCc1ccc(C(=O)O)cn1. The molecule has 2 heterocycles. The molecule has 0 aliphatic carbocycles. The summed E-state index contributed by atoms with van der Waals surface area (Å²) in [6, 6.07) is 3.03. The first-order valence-corrected chi connectivity index (χ1v) is 6.44. The molecule has 0 aliphatic heterocycles. The van der Waals surface area contributed by atoms with E-state index in [2.05, 4.69) is 15.1 Å². The normalized spacial score (nSPS) is 10.4. The Bertz CT molecular complexity index is 750. The zero-order valence-electron chi connectivity index (χ0n) is 10.4. The van der Waals surface area contributed by atoms with Gasteiger partial charge in [-0.3, -0.25) is 24.4 Å². The summed E-state index contributed by atoms with van der Waals surface area (Å²) in [5.74, 6) is -0.645. The molecule has 20 heavy (non-hydrogen) atoms. The van der Waals surface area contributed by atoms with Crippen LogP contribution in [0.1, 0.15) is 16.1 Å². The molecule has 8 nitrogen and oxygen atoms in total. The molecule has 0 aromatic carbocycles. The minimum atomic E-state index is -1.04. The maximum Gasteiger partial charge on any atom is 0.339 e. The molecule has 0 fully saturated rings. The van der Waals surface area contributed by atoms with E-state index in [0.29, 0.717) is 16.6 Å². The summed E-state index contributed by atoms with van der Waals surface area (Å²) in [6.45, 7) is 0. The first-order valence-electron chi connectivity index (χ1n) is 5.46. The quantitative estimate of drug-likeness (QED) is 0.595. The van der Waals surface area contributed by atoms with Crippen molar-refractivity contribution in [3.05, 3.63) is 50.3 Å². The van der Waals surface area contributed by atoms with Crippen molar-refractivity contribution in [3.8, 4) is 0 Å². The van der Waals surface area contributed by atoms with Crippen molar-refractivity contribution in [2.75, 3.05) is 0 Å². The number of nitrogens with one attached hydrogen (secondary N) is 1.